The van der Waals surface area contributed by atoms with Gasteiger partial charge in [0.25, 0.3) is 0 Å². The molecular formula is C53H79NO7. The minimum atomic E-state index is -1.13. The number of amides is 1. The molecule has 4 fully saturated rings. The molecule has 1 heterocycles. The Kier molecular flexibility index (Phi) is 16.9. The highest BCUT2D eigenvalue weighted by molar-refractivity contribution is 6.01. The van der Waals surface area contributed by atoms with E-state index >= 15 is 0 Å². The lowest BCUT2D eigenvalue weighted by atomic mass is 9.60. The molecular weight excluding hydrogens is 763 g/mol. The molecule has 0 aromatic heterocycles. The SMILES string of the molecule is C=C1CC[C@H](OC(=O)C(/C=C(\C)c2ccccc2)C(=O)NCC[C@@H]2C[C@H](CC(=O)OC(C)(C)C)OC(C)(C)O2)C/C1=C/C=C1\CCC[C@]2(C)[C@@H]([C@H](C)CCCC(C)C)CC[C@@H]12. The molecule has 1 aromatic rings. The van der Waals surface area contributed by atoms with E-state index in [2.05, 4.69) is 51.7 Å². The van der Waals surface area contributed by atoms with Crippen molar-refractivity contribution < 1.29 is 33.3 Å². The van der Waals surface area contributed by atoms with Crippen LogP contribution >= 0.6 is 0 Å². The summed E-state index contributed by atoms with van der Waals surface area (Å²) in [6, 6.07) is 9.77. The number of hydrogen-bond donors (Lipinski definition) is 1. The number of carbonyl (C=O) groups is 3. The van der Waals surface area contributed by atoms with E-state index in [1.807, 2.05) is 71.9 Å². The zero-order chi connectivity index (χ0) is 44.5. The summed E-state index contributed by atoms with van der Waals surface area (Å²) in [6.07, 6.45) is 18.8. The van der Waals surface area contributed by atoms with E-state index in [4.69, 9.17) is 18.9 Å². The predicted octanol–water partition coefficient (Wildman–Crippen LogP) is 12.0. The summed E-state index contributed by atoms with van der Waals surface area (Å²) in [5, 5.41) is 3.01. The van der Waals surface area contributed by atoms with Gasteiger partial charge in [-0.1, -0.05) is 113 Å². The van der Waals surface area contributed by atoms with Crippen molar-refractivity contribution in [2.24, 2.45) is 35.0 Å². The Bertz CT molecular complexity index is 1770. The Morgan fingerprint density at radius 3 is 2.39 bits per heavy atom. The largest absolute Gasteiger partial charge is 0.461 e. The van der Waals surface area contributed by atoms with Crippen molar-refractivity contribution in [2.75, 3.05) is 6.54 Å². The second-order valence-corrected chi connectivity index (χ2v) is 20.9. The van der Waals surface area contributed by atoms with Crippen LogP contribution in [0.4, 0.5) is 0 Å². The fourth-order valence-corrected chi connectivity index (χ4v) is 10.8. The van der Waals surface area contributed by atoms with Crippen LogP contribution in [0, 0.1) is 35.0 Å². The number of benzene rings is 1. The van der Waals surface area contributed by atoms with Gasteiger partial charge in [-0.05, 0) is 139 Å². The number of ether oxygens (including phenoxy) is 4. The second-order valence-electron chi connectivity index (χ2n) is 20.9. The molecule has 1 aliphatic heterocycles. The maximum absolute atomic E-state index is 14.1. The third-order valence-corrected chi connectivity index (χ3v) is 13.8. The van der Waals surface area contributed by atoms with Crippen molar-refractivity contribution in [1.29, 1.82) is 0 Å². The molecule has 3 saturated carbocycles. The lowest BCUT2D eigenvalue weighted by Crippen LogP contribution is -2.47. The van der Waals surface area contributed by atoms with Crippen LogP contribution in [0.1, 0.15) is 165 Å². The maximum Gasteiger partial charge on any atom is 0.322 e. The highest BCUT2D eigenvalue weighted by atomic mass is 16.7. The summed E-state index contributed by atoms with van der Waals surface area (Å²) in [5.41, 5.74) is 5.35. The number of nitrogens with one attached hydrogen (secondary N) is 1. The Hall–Kier alpha value is -3.49. The molecule has 1 unspecified atom stereocenters. The molecule has 1 amide bonds. The lowest BCUT2D eigenvalue weighted by molar-refractivity contribution is -0.300. The first kappa shape index (κ1) is 48.5. The summed E-state index contributed by atoms with van der Waals surface area (Å²) in [5.74, 6) is -0.379. The van der Waals surface area contributed by atoms with Crippen molar-refractivity contribution in [3.63, 3.8) is 0 Å². The molecule has 1 saturated heterocycles. The van der Waals surface area contributed by atoms with Crippen molar-refractivity contribution in [1.82, 2.24) is 5.32 Å². The van der Waals surface area contributed by atoms with E-state index in [0.717, 1.165) is 52.9 Å². The number of fused-ring (bicyclic) bond motifs is 1. The number of rotatable bonds is 16. The van der Waals surface area contributed by atoms with E-state index < -0.39 is 29.2 Å². The highest BCUT2D eigenvalue weighted by Crippen LogP contribution is 2.60. The lowest BCUT2D eigenvalue weighted by Gasteiger charge is -2.44. The van der Waals surface area contributed by atoms with Crippen molar-refractivity contribution in [3.8, 4) is 0 Å². The van der Waals surface area contributed by atoms with Crippen molar-refractivity contribution in [2.45, 2.75) is 189 Å². The summed E-state index contributed by atoms with van der Waals surface area (Å²) in [7, 11) is 0. The first-order valence-electron chi connectivity index (χ1n) is 23.6. The third-order valence-electron chi connectivity index (χ3n) is 13.8. The first-order valence-corrected chi connectivity index (χ1v) is 23.6. The first-order chi connectivity index (χ1) is 28.7. The number of hydrogen-bond acceptors (Lipinski definition) is 7. The average molecular weight is 842 g/mol. The van der Waals surface area contributed by atoms with Gasteiger partial charge in [0.2, 0.25) is 5.91 Å². The third kappa shape index (κ3) is 14.0. The Morgan fingerprint density at radius 2 is 1.69 bits per heavy atom. The normalized spacial score (nSPS) is 29.3. The molecule has 0 bridgehead atoms. The van der Waals surface area contributed by atoms with E-state index in [0.29, 0.717) is 37.0 Å². The van der Waals surface area contributed by atoms with Crippen molar-refractivity contribution >= 4 is 23.4 Å². The topological polar surface area (TPSA) is 100 Å². The van der Waals surface area contributed by atoms with Crippen LogP contribution in [0.15, 0.2) is 71.9 Å². The molecule has 1 aromatic carbocycles. The molecule has 4 aliphatic rings. The van der Waals surface area contributed by atoms with Gasteiger partial charge in [0, 0.05) is 19.4 Å². The second kappa shape index (κ2) is 21.3. The van der Waals surface area contributed by atoms with E-state index in [1.54, 1.807) is 11.6 Å². The minimum Gasteiger partial charge on any atom is -0.461 e. The molecule has 5 rings (SSSR count). The van der Waals surface area contributed by atoms with Gasteiger partial charge < -0.3 is 24.3 Å². The van der Waals surface area contributed by atoms with Crippen molar-refractivity contribution in [3.05, 3.63) is 77.4 Å². The molecule has 8 atom stereocenters. The number of allylic oxidation sites excluding steroid dienone is 5. The average Bonchev–Trinajstić information content (AvgIpc) is 3.53. The van der Waals surface area contributed by atoms with Gasteiger partial charge in [0.15, 0.2) is 11.7 Å². The molecule has 8 nitrogen and oxygen atoms in total. The van der Waals surface area contributed by atoms with Gasteiger partial charge in [-0.15, -0.1) is 0 Å². The van der Waals surface area contributed by atoms with Crippen LogP contribution in [0.2, 0.25) is 0 Å². The molecule has 3 aliphatic carbocycles. The molecule has 1 N–H and O–H groups in total. The zero-order valence-electron chi connectivity index (χ0n) is 39.4. The van der Waals surface area contributed by atoms with Gasteiger partial charge in [0.1, 0.15) is 11.7 Å². The number of carbonyl (C=O) groups excluding carboxylic acids is 3. The Labute approximate surface area is 368 Å². The Balaban J connectivity index is 1.23. The molecule has 338 valence electrons. The summed E-state index contributed by atoms with van der Waals surface area (Å²) in [4.78, 5) is 40.6. The van der Waals surface area contributed by atoms with Gasteiger partial charge in [-0.2, -0.15) is 0 Å². The van der Waals surface area contributed by atoms with Gasteiger partial charge in [-0.25, -0.2) is 0 Å². The standard InChI is InChI=1S/C53H79NO7/c1-35(2)17-15-18-37(4)46-26-27-47-40(21-16-29-53(46,47)11)23-24-41-32-42(25-22-36(41)3)58-50(57)45(31-38(5)39-19-13-12-14-20-39)49(56)54-30-28-43-33-44(60-52(9,10)59-43)34-48(55)61-51(6,7)8/h12-14,19-20,23-24,31,35,37,42-47H,3,15-18,21-22,25-30,32-34H2,1-2,4-11H3,(H,54,56)/b38-31+,40-23+,41-24-/t37-,42+,43-,44-,45?,46-,47+,53-/m1/s1. The van der Waals surface area contributed by atoms with Gasteiger partial charge in [-0.3, -0.25) is 14.4 Å². The molecule has 0 radical (unpaired) electrons. The smallest absolute Gasteiger partial charge is 0.322 e. The van der Waals surface area contributed by atoms with Crippen LogP contribution in [0.3, 0.4) is 0 Å². The van der Waals surface area contributed by atoms with Crippen LogP contribution in [-0.4, -0.2) is 54.1 Å². The van der Waals surface area contributed by atoms with Gasteiger partial charge >= 0.3 is 11.9 Å². The number of esters is 2. The summed E-state index contributed by atoms with van der Waals surface area (Å²) >= 11 is 0. The molecule has 0 spiro atoms. The maximum atomic E-state index is 14.1. The highest BCUT2D eigenvalue weighted by Gasteiger charge is 2.50. The predicted molar refractivity (Wildman–Crippen MR) is 245 cm³/mol. The molecule has 8 heteroatoms. The Morgan fingerprint density at radius 1 is 0.967 bits per heavy atom. The van der Waals surface area contributed by atoms with E-state index in [9.17, 15) is 14.4 Å². The van der Waals surface area contributed by atoms with Crippen LogP contribution in [-0.2, 0) is 33.3 Å². The van der Waals surface area contributed by atoms with Crippen LogP contribution in [0.25, 0.3) is 5.57 Å². The summed E-state index contributed by atoms with van der Waals surface area (Å²) < 4.78 is 24.0. The zero-order valence-corrected chi connectivity index (χ0v) is 39.4. The van der Waals surface area contributed by atoms with E-state index in [-0.39, 0.29) is 37.2 Å². The van der Waals surface area contributed by atoms with Crippen LogP contribution in [0.5, 0.6) is 0 Å². The van der Waals surface area contributed by atoms with Crippen LogP contribution < -0.4 is 5.32 Å². The summed E-state index contributed by atoms with van der Waals surface area (Å²) in [6.45, 7) is 25.6. The van der Waals surface area contributed by atoms with E-state index in [1.165, 1.54) is 44.9 Å². The fourth-order valence-electron chi connectivity index (χ4n) is 10.8. The fraction of sp³-hybridized carbons (Fsp3) is 0.679. The minimum absolute atomic E-state index is 0.117. The monoisotopic (exact) mass is 842 g/mol. The van der Waals surface area contributed by atoms with Gasteiger partial charge in [0.05, 0.1) is 18.6 Å². The molecule has 61 heavy (non-hydrogen) atoms. The quantitative estimate of drug-likeness (QED) is 0.131.